The average molecular weight is 551 g/mol. The largest absolute Gasteiger partial charge is 0.491 e. The maximum Gasteiger partial charge on any atom is 0.201 e. The molecule has 1 aliphatic rings. The van der Waals surface area contributed by atoms with Crippen LogP contribution in [0.15, 0.2) is 72.8 Å². The highest BCUT2D eigenvalue weighted by atomic mass is 19.2. The van der Waals surface area contributed by atoms with Crippen LogP contribution in [-0.2, 0) is 12.8 Å². The molecular formula is C35H38F4O. The summed E-state index contributed by atoms with van der Waals surface area (Å²) >= 11 is 0. The topological polar surface area (TPSA) is 9.23 Å². The summed E-state index contributed by atoms with van der Waals surface area (Å²) < 4.78 is 64.2. The number of benzene rings is 3. The van der Waals surface area contributed by atoms with E-state index in [9.17, 15) is 8.78 Å². The summed E-state index contributed by atoms with van der Waals surface area (Å²) in [7, 11) is 0. The van der Waals surface area contributed by atoms with E-state index in [1.165, 1.54) is 35.4 Å². The molecule has 0 atom stereocenters. The molecule has 0 N–H and O–H groups in total. The van der Waals surface area contributed by atoms with Gasteiger partial charge < -0.3 is 4.74 Å². The molecule has 0 unspecified atom stereocenters. The molecule has 0 heterocycles. The summed E-state index contributed by atoms with van der Waals surface area (Å²) in [4.78, 5) is 0. The molecule has 5 heteroatoms. The highest BCUT2D eigenvalue weighted by Gasteiger charge is 2.27. The van der Waals surface area contributed by atoms with Gasteiger partial charge in [-0.25, -0.2) is 13.2 Å². The second kappa shape index (κ2) is 14.3. The molecular weight excluding hydrogens is 512 g/mol. The zero-order chi connectivity index (χ0) is 28.5. The molecule has 0 saturated heterocycles. The van der Waals surface area contributed by atoms with Crippen LogP contribution in [0.3, 0.4) is 0 Å². The molecule has 40 heavy (non-hydrogen) atoms. The van der Waals surface area contributed by atoms with Crippen LogP contribution in [0.5, 0.6) is 5.75 Å². The quantitative estimate of drug-likeness (QED) is 0.170. The smallest absolute Gasteiger partial charge is 0.201 e. The number of rotatable bonds is 11. The zero-order valence-electron chi connectivity index (χ0n) is 23.4. The van der Waals surface area contributed by atoms with Gasteiger partial charge >= 0.3 is 0 Å². The molecule has 1 aliphatic carbocycles. The van der Waals surface area contributed by atoms with Crippen molar-refractivity contribution in [2.75, 3.05) is 6.61 Å². The Morgan fingerprint density at radius 2 is 1.27 bits per heavy atom. The maximum absolute atomic E-state index is 15.1. The van der Waals surface area contributed by atoms with Crippen molar-refractivity contribution >= 4 is 0 Å². The van der Waals surface area contributed by atoms with Crippen LogP contribution in [0.2, 0.25) is 0 Å². The number of aryl methyl sites for hydroxylation is 2. The van der Waals surface area contributed by atoms with Crippen molar-refractivity contribution < 1.29 is 22.3 Å². The number of hydrogen-bond acceptors (Lipinski definition) is 1. The Labute approximate surface area is 235 Å². The third-order valence-corrected chi connectivity index (χ3v) is 7.83. The van der Waals surface area contributed by atoms with E-state index in [4.69, 9.17) is 4.74 Å². The van der Waals surface area contributed by atoms with Crippen LogP contribution in [0, 0.1) is 29.2 Å². The van der Waals surface area contributed by atoms with Gasteiger partial charge in [-0.15, -0.1) is 0 Å². The lowest BCUT2D eigenvalue weighted by molar-refractivity contribution is 0.314. The summed E-state index contributed by atoms with van der Waals surface area (Å²) in [5, 5.41) is 0. The fourth-order valence-electron chi connectivity index (χ4n) is 5.55. The van der Waals surface area contributed by atoms with E-state index in [1.807, 2.05) is 6.92 Å². The Bertz CT molecular complexity index is 1320. The van der Waals surface area contributed by atoms with Crippen molar-refractivity contribution in [1.29, 1.82) is 0 Å². The molecule has 0 bridgehead atoms. The summed E-state index contributed by atoms with van der Waals surface area (Å²) in [5.41, 5.74) is 2.39. The highest BCUT2D eigenvalue weighted by Crippen LogP contribution is 2.40. The second-order valence-corrected chi connectivity index (χ2v) is 10.5. The normalized spacial score (nSPS) is 17.6. The third kappa shape index (κ3) is 7.24. The molecule has 3 aromatic carbocycles. The number of halogens is 4. The van der Waals surface area contributed by atoms with Gasteiger partial charge in [-0.1, -0.05) is 60.7 Å². The third-order valence-electron chi connectivity index (χ3n) is 7.83. The fraction of sp³-hybridized carbons (Fsp3) is 0.371. The highest BCUT2D eigenvalue weighted by molar-refractivity contribution is 5.66. The van der Waals surface area contributed by atoms with E-state index in [-0.39, 0.29) is 29.4 Å². The molecule has 0 spiro atoms. The van der Waals surface area contributed by atoms with Gasteiger partial charge in [0.15, 0.2) is 23.2 Å². The molecule has 0 aromatic heterocycles. The van der Waals surface area contributed by atoms with E-state index in [1.54, 1.807) is 6.92 Å². The second-order valence-electron chi connectivity index (χ2n) is 10.5. The molecule has 0 aliphatic heterocycles. The van der Waals surface area contributed by atoms with Crippen molar-refractivity contribution in [3.63, 3.8) is 0 Å². The van der Waals surface area contributed by atoms with Crippen LogP contribution >= 0.6 is 0 Å². The summed E-state index contributed by atoms with van der Waals surface area (Å²) in [6.45, 7) is 3.86. The minimum absolute atomic E-state index is 0.0959. The van der Waals surface area contributed by atoms with Gasteiger partial charge in [-0.3, -0.25) is 0 Å². The number of ether oxygens (including phenoxy) is 1. The molecule has 1 nitrogen and oxygen atoms in total. The SMILES string of the molecule is C/C=C/CCc1ccc(CC/C=C/C2CCC(c3ccc(-c4ccc(OCC)c(F)c4F)c(F)c3F)CC2)cc1. The first kappa shape index (κ1) is 29.6. The lowest BCUT2D eigenvalue weighted by Crippen LogP contribution is -2.14. The van der Waals surface area contributed by atoms with E-state index >= 15 is 8.78 Å². The molecule has 1 saturated carbocycles. The summed E-state index contributed by atoms with van der Waals surface area (Å²) in [6, 6.07) is 14.2. The molecule has 3 aromatic rings. The van der Waals surface area contributed by atoms with Gasteiger partial charge in [0.1, 0.15) is 0 Å². The maximum atomic E-state index is 15.1. The van der Waals surface area contributed by atoms with Crippen molar-refractivity contribution in [1.82, 2.24) is 0 Å². The van der Waals surface area contributed by atoms with Gasteiger partial charge in [0.2, 0.25) is 5.82 Å². The van der Waals surface area contributed by atoms with Crippen LogP contribution in [0.25, 0.3) is 11.1 Å². The molecule has 0 radical (unpaired) electrons. The summed E-state index contributed by atoms with van der Waals surface area (Å²) in [6.07, 6.45) is 16.2. The first-order valence-corrected chi connectivity index (χ1v) is 14.4. The van der Waals surface area contributed by atoms with E-state index in [0.717, 1.165) is 51.4 Å². The lowest BCUT2D eigenvalue weighted by atomic mass is 9.78. The zero-order valence-corrected chi connectivity index (χ0v) is 23.4. The minimum Gasteiger partial charge on any atom is -0.491 e. The Kier molecular flexibility index (Phi) is 10.6. The molecule has 212 valence electrons. The Morgan fingerprint density at radius 1 is 0.700 bits per heavy atom. The van der Waals surface area contributed by atoms with Crippen molar-refractivity contribution in [3.8, 4) is 16.9 Å². The van der Waals surface area contributed by atoms with Gasteiger partial charge in [0, 0.05) is 11.1 Å². The Balaban J connectivity index is 1.31. The van der Waals surface area contributed by atoms with E-state index < -0.39 is 23.3 Å². The van der Waals surface area contributed by atoms with Crippen molar-refractivity contribution in [2.24, 2.45) is 5.92 Å². The Morgan fingerprint density at radius 3 is 1.88 bits per heavy atom. The fourth-order valence-corrected chi connectivity index (χ4v) is 5.55. The molecule has 1 fully saturated rings. The average Bonchev–Trinajstić information content (AvgIpc) is 2.97. The predicted molar refractivity (Wildman–Crippen MR) is 155 cm³/mol. The van der Waals surface area contributed by atoms with Crippen LogP contribution in [-0.4, -0.2) is 6.61 Å². The predicted octanol–water partition coefficient (Wildman–Crippen LogP) is 10.3. The van der Waals surface area contributed by atoms with Crippen LogP contribution in [0.4, 0.5) is 17.6 Å². The van der Waals surface area contributed by atoms with Crippen LogP contribution in [0.1, 0.15) is 75.0 Å². The standard InChI is InChI=1S/C35H38F4O/c1-3-5-6-9-24-12-14-25(15-13-24)10-7-8-11-26-16-18-27(19-17-26)28-20-21-29(33(37)32(28)36)30-22-23-31(40-4-2)35(39)34(30)38/h3,5,8,11-15,20-23,26-27H,4,6-7,9-10,16-19H2,1-2H3/b5-3+,11-8+. The monoisotopic (exact) mass is 550 g/mol. The van der Waals surface area contributed by atoms with Gasteiger partial charge in [0.05, 0.1) is 6.61 Å². The van der Waals surface area contributed by atoms with Gasteiger partial charge in [-0.05, 0) is 106 Å². The minimum atomic E-state index is -1.25. The Hall–Kier alpha value is -3.34. The first-order chi connectivity index (χ1) is 19.4. The van der Waals surface area contributed by atoms with Gasteiger partial charge in [-0.2, -0.15) is 4.39 Å². The van der Waals surface area contributed by atoms with E-state index in [2.05, 4.69) is 48.6 Å². The van der Waals surface area contributed by atoms with Crippen molar-refractivity contribution in [3.05, 3.63) is 113 Å². The first-order valence-electron chi connectivity index (χ1n) is 14.4. The van der Waals surface area contributed by atoms with E-state index in [0.29, 0.717) is 11.5 Å². The molecule has 4 rings (SSSR count). The van der Waals surface area contributed by atoms with Gasteiger partial charge in [0.25, 0.3) is 0 Å². The summed E-state index contributed by atoms with van der Waals surface area (Å²) in [5.74, 6) is -4.49. The van der Waals surface area contributed by atoms with Crippen molar-refractivity contribution in [2.45, 2.75) is 71.1 Å². The number of allylic oxidation sites excluding steroid dienone is 4. The lowest BCUT2D eigenvalue weighted by Gasteiger charge is -2.27. The van der Waals surface area contributed by atoms with Crippen LogP contribution < -0.4 is 4.74 Å². The number of hydrogen-bond donors (Lipinski definition) is 0. The molecule has 0 amide bonds.